The Morgan fingerprint density at radius 3 is 2.29 bits per heavy atom. The summed E-state index contributed by atoms with van der Waals surface area (Å²) in [7, 11) is 0. The molecule has 1 aliphatic carbocycles. The van der Waals surface area contributed by atoms with E-state index in [-0.39, 0.29) is 11.3 Å². The van der Waals surface area contributed by atoms with Crippen molar-refractivity contribution in [1.29, 1.82) is 0 Å². The molecule has 3 rings (SSSR count). The summed E-state index contributed by atoms with van der Waals surface area (Å²) in [6.07, 6.45) is 5.01. The van der Waals surface area contributed by atoms with E-state index in [0.717, 1.165) is 23.6 Å². The van der Waals surface area contributed by atoms with Gasteiger partial charge in [-0.05, 0) is 60.6 Å². The van der Waals surface area contributed by atoms with E-state index in [9.17, 15) is 4.79 Å². The highest BCUT2D eigenvalue weighted by atomic mass is 16.1. The Kier molecular flexibility index (Phi) is 4.35. The van der Waals surface area contributed by atoms with Crippen LogP contribution < -0.4 is 11.5 Å². The van der Waals surface area contributed by atoms with Gasteiger partial charge in [-0.25, -0.2) is 0 Å². The average molecular weight is 322 g/mol. The third-order valence-corrected chi connectivity index (χ3v) is 5.47. The number of carbonyl (C=O) groups is 1. The number of hydrogen-bond acceptors (Lipinski definition) is 2. The van der Waals surface area contributed by atoms with Crippen molar-refractivity contribution in [2.24, 2.45) is 11.7 Å². The van der Waals surface area contributed by atoms with E-state index in [1.807, 2.05) is 31.2 Å². The number of anilines is 1. The van der Waals surface area contributed by atoms with Crippen LogP contribution in [0.1, 0.15) is 59.7 Å². The maximum atomic E-state index is 11.3. The van der Waals surface area contributed by atoms with Gasteiger partial charge < -0.3 is 11.5 Å². The molecule has 0 heterocycles. The Morgan fingerprint density at radius 1 is 1.12 bits per heavy atom. The van der Waals surface area contributed by atoms with E-state index in [1.54, 1.807) is 0 Å². The molecule has 126 valence electrons. The SMILES string of the molecule is Cc1ccc(C(C)(CCC2CC2)c2ccc(C(N)=O)cc2)cc1N. The Hall–Kier alpha value is -2.29. The maximum absolute atomic E-state index is 11.3. The molecule has 1 fully saturated rings. The molecule has 0 aliphatic heterocycles. The summed E-state index contributed by atoms with van der Waals surface area (Å²) >= 11 is 0. The first-order valence-corrected chi connectivity index (χ1v) is 8.67. The molecule has 1 atom stereocenters. The molecule has 0 spiro atoms. The fourth-order valence-electron chi connectivity index (χ4n) is 3.34. The van der Waals surface area contributed by atoms with Crippen LogP contribution in [0, 0.1) is 12.8 Å². The highest BCUT2D eigenvalue weighted by Gasteiger charge is 2.32. The lowest BCUT2D eigenvalue weighted by Gasteiger charge is -2.32. The van der Waals surface area contributed by atoms with Gasteiger partial charge in [0.2, 0.25) is 5.91 Å². The van der Waals surface area contributed by atoms with E-state index in [4.69, 9.17) is 11.5 Å². The molecule has 1 saturated carbocycles. The van der Waals surface area contributed by atoms with Crippen LogP contribution in [0.25, 0.3) is 0 Å². The fraction of sp³-hybridized carbons (Fsp3) is 0.381. The largest absolute Gasteiger partial charge is 0.399 e. The van der Waals surface area contributed by atoms with Crippen LogP contribution in [0.15, 0.2) is 42.5 Å². The third-order valence-electron chi connectivity index (χ3n) is 5.47. The minimum Gasteiger partial charge on any atom is -0.399 e. The summed E-state index contributed by atoms with van der Waals surface area (Å²) in [5.41, 5.74) is 16.4. The first kappa shape index (κ1) is 16.6. The lowest BCUT2D eigenvalue weighted by Crippen LogP contribution is -2.24. The lowest BCUT2D eigenvalue weighted by atomic mass is 9.72. The average Bonchev–Trinajstić information content (AvgIpc) is 3.39. The number of primary amides is 1. The van der Waals surface area contributed by atoms with Crippen molar-refractivity contribution in [3.05, 3.63) is 64.7 Å². The Labute approximate surface area is 144 Å². The number of nitrogen functional groups attached to an aromatic ring is 1. The highest BCUT2D eigenvalue weighted by molar-refractivity contribution is 5.92. The number of benzene rings is 2. The van der Waals surface area contributed by atoms with E-state index in [2.05, 4.69) is 25.1 Å². The van der Waals surface area contributed by atoms with Gasteiger partial charge in [0.05, 0.1) is 0 Å². The van der Waals surface area contributed by atoms with Gasteiger partial charge in [-0.2, -0.15) is 0 Å². The fourth-order valence-corrected chi connectivity index (χ4v) is 3.34. The Morgan fingerprint density at radius 2 is 1.75 bits per heavy atom. The zero-order valence-electron chi connectivity index (χ0n) is 14.5. The highest BCUT2D eigenvalue weighted by Crippen LogP contribution is 2.42. The molecule has 2 aromatic carbocycles. The summed E-state index contributed by atoms with van der Waals surface area (Å²) < 4.78 is 0. The molecule has 0 saturated heterocycles. The van der Waals surface area contributed by atoms with Gasteiger partial charge in [-0.15, -0.1) is 0 Å². The molecule has 0 aromatic heterocycles. The molecule has 24 heavy (non-hydrogen) atoms. The van der Waals surface area contributed by atoms with Crippen molar-refractivity contribution in [3.8, 4) is 0 Å². The maximum Gasteiger partial charge on any atom is 0.248 e. The molecular formula is C21H26N2O. The van der Waals surface area contributed by atoms with E-state index < -0.39 is 0 Å². The first-order valence-electron chi connectivity index (χ1n) is 8.67. The van der Waals surface area contributed by atoms with E-state index in [0.29, 0.717) is 5.56 Å². The number of aryl methyl sites for hydroxylation is 1. The smallest absolute Gasteiger partial charge is 0.248 e. The van der Waals surface area contributed by atoms with Crippen LogP contribution in [-0.2, 0) is 5.41 Å². The number of amides is 1. The second-order valence-electron chi connectivity index (χ2n) is 7.33. The molecule has 1 amide bonds. The zero-order valence-corrected chi connectivity index (χ0v) is 14.5. The molecule has 0 radical (unpaired) electrons. The van der Waals surface area contributed by atoms with Gasteiger partial charge in [0.25, 0.3) is 0 Å². The van der Waals surface area contributed by atoms with Crippen LogP contribution in [0.4, 0.5) is 5.69 Å². The van der Waals surface area contributed by atoms with Gasteiger partial charge in [0, 0.05) is 16.7 Å². The van der Waals surface area contributed by atoms with Crippen molar-refractivity contribution in [1.82, 2.24) is 0 Å². The molecule has 0 bridgehead atoms. The predicted molar refractivity (Wildman–Crippen MR) is 99.0 cm³/mol. The summed E-state index contributed by atoms with van der Waals surface area (Å²) in [4.78, 5) is 11.3. The Balaban J connectivity index is 1.99. The van der Waals surface area contributed by atoms with Crippen molar-refractivity contribution < 1.29 is 4.79 Å². The van der Waals surface area contributed by atoms with Crippen molar-refractivity contribution in [3.63, 3.8) is 0 Å². The standard InChI is InChI=1S/C21H26N2O/c1-14-3-8-18(13-19(14)22)21(2,12-11-15-4-5-15)17-9-6-16(7-10-17)20(23)24/h3,6-10,13,15H,4-5,11-12,22H2,1-2H3,(H2,23,24). The van der Waals surface area contributed by atoms with Crippen LogP contribution in [0.3, 0.4) is 0 Å². The van der Waals surface area contributed by atoms with Gasteiger partial charge in [-0.1, -0.05) is 44.0 Å². The topological polar surface area (TPSA) is 69.1 Å². The molecule has 1 unspecified atom stereocenters. The number of nitrogens with two attached hydrogens (primary N) is 2. The van der Waals surface area contributed by atoms with E-state index >= 15 is 0 Å². The molecule has 3 nitrogen and oxygen atoms in total. The normalized spacial score (nSPS) is 16.6. The van der Waals surface area contributed by atoms with Gasteiger partial charge in [0.1, 0.15) is 0 Å². The van der Waals surface area contributed by atoms with Crippen molar-refractivity contribution in [2.45, 2.75) is 44.9 Å². The minimum absolute atomic E-state index is 0.111. The summed E-state index contributed by atoms with van der Waals surface area (Å²) in [6.45, 7) is 4.31. The molecular weight excluding hydrogens is 296 g/mol. The minimum atomic E-state index is -0.388. The van der Waals surface area contributed by atoms with Crippen LogP contribution in [0.2, 0.25) is 0 Å². The molecule has 3 heteroatoms. The monoisotopic (exact) mass is 322 g/mol. The molecule has 1 aliphatic rings. The number of rotatable bonds is 6. The second kappa shape index (κ2) is 6.31. The van der Waals surface area contributed by atoms with Gasteiger partial charge in [-0.3, -0.25) is 4.79 Å². The van der Waals surface area contributed by atoms with Crippen molar-refractivity contribution in [2.75, 3.05) is 5.73 Å². The summed E-state index contributed by atoms with van der Waals surface area (Å²) in [6, 6.07) is 14.1. The van der Waals surface area contributed by atoms with Crippen LogP contribution >= 0.6 is 0 Å². The first-order chi connectivity index (χ1) is 11.4. The molecule has 4 N–H and O–H groups in total. The van der Waals surface area contributed by atoms with Gasteiger partial charge >= 0.3 is 0 Å². The predicted octanol–water partition coefficient (Wildman–Crippen LogP) is 4.17. The zero-order chi connectivity index (χ0) is 17.3. The van der Waals surface area contributed by atoms with Crippen LogP contribution in [0.5, 0.6) is 0 Å². The number of carbonyl (C=O) groups excluding carboxylic acids is 1. The quantitative estimate of drug-likeness (QED) is 0.784. The lowest BCUT2D eigenvalue weighted by molar-refractivity contribution is 0.1000. The van der Waals surface area contributed by atoms with E-state index in [1.165, 1.54) is 30.4 Å². The van der Waals surface area contributed by atoms with Crippen LogP contribution in [-0.4, -0.2) is 5.91 Å². The van der Waals surface area contributed by atoms with Gasteiger partial charge in [0.15, 0.2) is 0 Å². The van der Waals surface area contributed by atoms with Crippen molar-refractivity contribution >= 4 is 11.6 Å². The summed E-state index contributed by atoms with van der Waals surface area (Å²) in [5, 5.41) is 0. The number of hydrogen-bond donors (Lipinski definition) is 2. The Bertz CT molecular complexity index is 747. The third kappa shape index (κ3) is 3.30. The molecule has 2 aromatic rings. The summed E-state index contributed by atoms with van der Waals surface area (Å²) in [5.74, 6) is 0.484. The second-order valence-corrected chi connectivity index (χ2v) is 7.33.